The Morgan fingerprint density at radius 2 is 2.06 bits per heavy atom. The van der Waals surface area contributed by atoms with Crippen molar-refractivity contribution in [1.29, 1.82) is 0 Å². The minimum atomic E-state index is -0.276. The van der Waals surface area contributed by atoms with Gasteiger partial charge >= 0.3 is 0 Å². The fraction of sp³-hybridized carbons (Fsp3) is 0.538. The smallest absolute Gasteiger partial charge is 0.161 e. The molecule has 1 aromatic carbocycles. The van der Waals surface area contributed by atoms with Crippen molar-refractivity contribution in [3.05, 3.63) is 29.8 Å². The maximum atomic E-state index is 9.51. The van der Waals surface area contributed by atoms with Crippen LogP contribution in [0.4, 0.5) is 0 Å². The Bertz CT molecular complexity index is 304. The van der Waals surface area contributed by atoms with Crippen molar-refractivity contribution in [3.8, 4) is 5.75 Å². The van der Waals surface area contributed by atoms with E-state index >= 15 is 0 Å². The van der Waals surface area contributed by atoms with E-state index in [2.05, 4.69) is 6.92 Å². The van der Waals surface area contributed by atoms with Gasteiger partial charge in [-0.3, -0.25) is 0 Å². The summed E-state index contributed by atoms with van der Waals surface area (Å²) in [5, 5.41) is 9.51. The highest BCUT2D eigenvalue weighted by atomic mass is 28.2. The zero-order chi connectivity index (χ0) is 12.3. The zero-order valence-corrected chi connectivity index (χ0v) is 11.9. The molecule has 0 aliphatic carbocycles. The second kappa shape index (κ2) is 9.21. The molecule has 0 spiro atoms. The number of phenolic OH excluding ortho intramolecular Hbond substituents is 1. The van der Waals surface area contributed by atoms with Crippen molar-refractivity contribution in [2.24, 2.45) is 0 Å². The first kappa shape index (κ1) is 14.2. The fourth-order valence-corrected chi connectivity index (χ4v) is 2.33. The highest BCUT2D eigenvalue weighted by Gasteiger charge is 1.98. The van der Waals surface area contributed by atoms with Gasteiger partial charge in [-0.15, -0.1) is 0 Å². The van der Waals surface area contributed by atoms with Gasteiger partial charge in [0.1, 0.15) is 5.75 Å². The Morgan fingerprint density at radius 1 is 1.24 bits per heavy atom. The predicted molar refractivity (Wildman–Crippen MR) is 72.0 cm³/mol. The van der Waals surface area contributed by atoms with E-state index in [0.717, 1.165) is 18.6 Å². The lowest BCUT2D eigenvalue weighted by molar-refractivity contribution is 0.106. The van der Waals surface area contributed by atoms with Crippen LogP contribution in [0, 0.1) is 0 Å². The summed E-state index contributed by atoms with van der Waals surface area (Å²) in [6, 6.07) is 8.53. The normalized spacial score (nSPS) is 11.4. The van der Waals surface area contributed by atoms with E-state index in [1.807, 2.05) is 18.2 Å². The van der Waals surface area contributed by atoms with Crippen molar-refractivity contribution in [2.45, 2.75) is 32.4 Å². The van der Waals surface area contributed by atoms with Crippen molar-refractivity contribution >= 4 is 9.76 Å². The molecular formula is C13H22O3Si. The Kier molecular flexibility index (Phi) is 7.71. The van der Waals surface area contributed by atoms with E-state index in [9.17, 15) is 5.11 Å². The summed E-state index contributed by atoms with van der Waals surface area (Å²) >= 11 is 0. The largest absolute Gasteiger partial charge is 0.508 e. The summed E-state index contributed by atoms with van der Waals surface area (Å²) in [5.74, 6) is 0.305. The Labute approximate surface area is 106 Å². The van der Waals surface area contributed by atoms with Crippen LogP contribution in [0.5, 0.6) is 5.75 Å². The zero-order valence-electron chi connectivity index (χ0n) is 10.5. The van der Waals surface area contributed by atoms with Crippen molar-refractivity contribution in [2.75, 3.05) is 13.2 Å². The van der Waals surface area contributed by atoms with Crippen LogP contribution in [0.15, 0.2) is 24.3 Å². The van der Waals surface area contributed by atoms with Crippen LogP contribution >= 0.6 is 0 Å². The molecule has 0 radical (unpaired) electrons. The third-order valence-corrected chi connectivity index (χ3v) is 4.04. The third-order valence-electron chi connectivity index (χ3n) is 2.47. The molecule has 0 saturated heterocycles. The Hall–Kier alpha value is -0.843. The van der Waals surface area contributed by atoms with Crippen LogP contribution in [0.2, 0.25) is 6.04 Å². The van der Waals surface area contributed by atoms with Gasteiger partial charge in [-0.05, 0) is 18.5 Å². The maximum absolute atomic E-state index is 9.51. The fourth-order valence-electron chi connectivity index (χ4n) is 1.43. The van der Waals surface area contributed by atoms with Gasteiger partial charge in [0.25, 0.3) is 0 Å². The molecule has 0 saturated carbocycles. The lowest BCUT2D eigenvalue weighted by Crippen LogP contribution is -2.04. The lowest BCUT2D eigenvalue weighted by atomic mass is 10.2. The molecule has 0 bridgehead atoms. The first-order chi connectivity index (χ1) is 8.34. The summed E-state index contributed by atoms with van der Waals surface area (Å²) in [6.45, 7) is 4.16. The predicted octanol–water partition coefficient (Wildman–Crippen LogP) is 2.23. The standard InChI is InChI=1S/C13H22O3Si/c1-2-10-17-16-9-5-8-15-11-12-6-3-4-7-13(12)14/h3-4,6-7,14H,2,5,8-11,17H2,1H3. The van der Waals surface area contributed by atoms with E-state index in [1.54, 1.807) is 6.07 Å². The van der Waals surface area contributed by atoms with Crippen LogP contribution in [0.3, 0.4) is 0 Å². The quantitative estimate of drug-likeness (QED) is 0.542. The van der Waals surface area contributed by atoms with Gasteiger partial charge in [-0.2, -0.15) is 0 Å². The average Bonchev–Trinajstić information content (AvgIpc) is 2.35. The lowest BCUT2D eigenvalue weighted by Gasteiger charge is -2.06. The molecule has 0 heterocycles. The van der Waals surface area contributed by atoms with E-state index in [4.69, 9.17) is 9.16 Å². The molecule has 1 rings (SSSR count). The van der Waals surface area contributed by atoms with Gasteiger partial charge in [-0.25, -0.2) is 0 Å². The summed E-state index contributed by atoms with van der Waals surface area (Å²) in [7, 11) is -0.276. The number of benzene rings is 1. The Balaban J connectivity index is 1.99. The first-order valence-electron chi connectivity index (χ1n) is 6.27. The molecule has 4 heteroatoms. The molecule has 3 nitrogen and oxygen atoms in total. The molecule has 0 amide bonds. The van der Waals surface area contributed by atoms with Crippen molar-refractivity contribution in [3.63, 3.8) is 0 Å². The van der Waals surface area contributed by atoms with Crippen LogP contribution in [0.1, 0.15) is 25.3 Å². The molecule has 0 aliphatic rings. The number of ether oxygens (including phenoxy) is 1. The van der Waals surface area contributed by atoms with Gasteiger partial charge in [0.15, 0.2) is 9.76 Å². The van der Waals surface area contributed by atoms with Crippen LogP contribution < -0.4 is 0 Å². The molecule has 0 aromatic heterocycles. The van der Waals surface area contributed by atoms with Crippen molar-refractivity contribution < 1.29 is 14.3 Å². The minimum Gasteiger partial charge on any atom is -0.508 e. The molecule has 1 N–H and O–H groups in total. The summed E-state index contributed by atoms with van der Waals surface area (Å²) < 4.78 is 11.0. The van der Waals surface area contributed by atoms with E-state index in [-0.39, 0.29) is 9.76 Å². The van der Waals surface area contributed by atoms with Gasteiger partial charge in [0.05, 0.1) is 6.61 Å². The summed E-state index contributed by atoms with van der Waals surface area (Å²) in [5.41, 5.74) is 0.841. The average molecular weight is 254 g/mol. The van der Waals surface area contributed by atoms with Crippen LogP contribution in [0.25, 0.3) is 0 Å². The number of para-hydroxylation sites is 1. The molecular weight excluding hydrogens is 232 g/mol. The summed E-state index contributed by atoms with van der Waals surface area (Å²) in [6.07, 6.45) is 2.17. The Morgan fingerprint density at radius 3 is 2.82 bits per heavy atom. The number of phenols is 1. The maximum Gasteiger partial charge on any atom is 0.161 e. The number of hydrogen-bond donors (Lipinski definition) is 1. The number of rotatable bonds is 9. The second-order valence-corrected chi connectivity index (χ2v) is 5.52. The van der Waals surface area contributed by atoms with Gasteiger partial charge in [0, 0.05) is 18.8 Å². The van der Waals surface area contributed by atoms with Gasteiger partial charge in [0.2, 0.25) is 0 Å². The minimum absolute atomic E-state index is 0.276. The van der Waals surface area contributed by atoms with Gasteiger partial charge in [-0.1, -0.05) is 31.5 Å². The molecule has 0 atom stereocenters. The number of aromatic hydroxyl groups is 1. The monoisotopic (exact) mass is 254 g/mol. The second-order valence-electron chi connectivity index (χ2n) is 4.00. The number of hydrogen-bond acceptors (Lipinski definition) is 3. The highest BCUT2D eigenvalue weighted by Crippen LogP contribution is 2.16. The molecule has 96 valence electrons. The van der Waals surface area contributed by atoms with Crippen molar-refractivity contribution in [1.82, 2.24) is 0 Å². The van der Waals surface area contributed by atoms with E-state index < -0.39 is 0 Å². The van der Waals surface area contributed by atoms with Crippen LogP contribution in [-0.4, -0.2) is 28.1 Å². The van der Waals surface area contributed by atoms with Gasteiger partial charge < -0.3 is 14.3 Å². The molecule has 17 heavy (non-hydrogen) atoms. The topological polar surface area (TPSA) is 38.7 Å². The molecule has 0 aliphatic heterocycles. The summed E-state index contributed by atoms with van der Waals surface area (Å²) in [4.78, 5) is 0. The van der Waals surface area contributed by atoms with Crippen LogP contribution in [-0.2, 0) is 15.8 Å². The molecule has 0 fully saturated rings. The molecule has 1 aromatic rings. The SMILES string of the molecule is CCC[SiH2]OCCCOCc1ccccc1O. The molecule has 0 unspecified atom stereocenters. The van der Waals surface area contributed by atoms with E-state index in [1.165, 1.54) is 12.5 Å². The third kappa shape index (κ3) is 6.46. The highest BCUT2D eigenvalue weighted by molar-refractivity contribution is 6.26. The first-order valence-corrected chi connectivity index (χ1v) is 7.84. The van der Waals surface area contributed by atoms with E-state index in [0.29, 0.717) is 19.0 Å².